The van der Waals surface area contributed by atoms with Gasteiger partial charge in [0.2, 0.25) is 47.5 Å². The Morgan fingerprint density at radius 1 is 0.436 bits per heavy atom. The SMILES string of the molecule is COc1ccc(C(OCC(OC(=O)CCC(=O)N[S-](=P)=S)C(=O)N(CCCNC(=O)CCCCO[C@@H]2OC(COC(C)=O)[C@H](OC(C)=O)[C@H](C)C2NC(C)=O)CCCN(CCCNC(=O)CCCCO[C@@H]2OC(COC(C)=O)[C@H](OC(C)=O)[C@H](C)C2NC(C)=O)C(=O)CCCCO[C@@H]2OC(COC(C)=O)[C@H](OC(C)=O)[C@H](C)C2NC(C)=O)(c2ccccc2)c2ccc(OC)cc2)cc1. The predicted octanol–water partition coefficient (Wildman–Crippen LogP) is 5.58. The summed E-state index contributed by atoms with van der Waals surface area (Å²) >= 11 is 5.14. The molecule has 3 heterocycles. The quantitative estimate of drug-likeness (QED) is 0.0100. The predicted molar refractivity (Wildman–Crippen MR) is 484 cm³/mol. The van der Waals surface area contributed by atoms with E-state index in [-0.39, 0.29) is 154 Å². The van der Waals surface area contributed by atoms with E-state index in [1.54, 1.807) is 74.2 Å². The molecule has 0 saturated carbocycles. The molecule has 133 heavy (non-hydrogen) atoms. The molecule has 7 unspecified atom stereocenters. The van der Waals surface area contributed by atoms with Crippen molar-refractivity contribution in [3.63, 3.8) is 0 Å². The third-order valence-corrected chi connectivity index (χ3v) is 23.0. The van der Waals surface area contributed by atoms with Crippen LogP contribution in [0.3, 0.4) is 0 Å². The van der Waals surface area contributed by atoms with Crippen LogP contribution in [0.25, 0.3) is 0 Å². The zero-order valence-electron chi connectivity index (χ0n) is 78.2. The van der Waals surface area contributed by atoms with Crippen molar-refractivity contribution in [2.45, 2.75) is 258 Å². The lowest BCUT2D eigenvalue weighted by Gasteiger charge is -2.44. The Labute approximate surface area is 784 Å². The average Bonchev–Trinajstić information content (AvgIpc) is 0.755. The first-order valence-electron chi connectivity index (χ1n) is 44.6. The second kappa shape index (κ2) is 58.2. The van der Waals surface area contributed by atoms with Gasteiger partial charge in [0.1, 0.15) is 73.5 Å². The number of ether oxygens (including phenoxy) is 16. The van der Waals surface area contributed by atoms with Crippen LogP contribution in [-0.4, -0.2) is 278 Å². The van der Waals surface area contributed by atoms with Gasteiger partial charge in [0.15, 0.2) is 18.9 Å². The van der Waals surface area contributed by atoms with Gasteiger partial charge in [-0.2, -0.15) is 0 Å². The summed E-state index contributed by atoms with van der Waals surface area (Å²) in [5.74, 6) is -8.89. The number of esters is 7. The first-order chi connectivity index (χ1) is 63.3. The maximum absolute atomic E-state index is 16.0. The summed E-state index contributed by atoms with van der Waals surface area (Å²) in [6, 6.07) is 20.9. The van der Waals surface area contributed by atoms with Crippen LogP contribution in [0.4, 0.5) is 0 Å². The monoisotopic (exact) mass is 1930 g/mol. The minimum atomic E-state index is -1.75. The topological polar surface area (TPSA) is 482 Å². The normalized spacial score (nSPS) is 21.7. The van der Waals surface area contributed by atoms with Gasteiger partial charge < -0.3 is 117 Å². The second-order valence-corrected chi connectivity index (χ2v) is 36.4. The van der Waals surface area contributed by atoms with Crippen molar-refractivity contribution < 1.29 is 148 Å². The number of carbonyl (C=O) groups excluding carboxylic acids is 15. The van der Waals surface area contributed by atoms with Gasteiger partial charge in [0, 0.05) is 165 Å². The number of hydrogen-bond donors (Lipinski definition) is 6. The van der Waals surface area contributed by atoms with Gasteiger partial charge in [-0.1, -0.05) is 75.4 Å². The van der Waals surface area contributed by atoms with Gasteiger partial charge in [-0.3, -0.25) is 88.8 Å². The van der Waals surface area contributed by atoms with Gasteiger partial charge in [0.25, 0.3) is 5.91 Å². The zero-order valence-corrected chi connectivity index (χ0v) is 80.8. The Kier molecular flexibility index (Phi) is 48.9. The Hall–Kier alpha value is -10.1. The van der Waals surface area contributed by atoms with Gasteiger partial charge in [-0.25, -0.2) is 11.2 Å². The molecule has 0 bridgehead atoms. The third-order valence-electron chi connectivity index (χ3n) is 22.1. The fraction of sp³-hybridized carbons (Fsp3) is 0.637. The lowest BCUT2D eigenvalue weighted by atomic mass is 9.80. The Balaban J connectivity index is 1.28. The highest BCUT2D eigenvalue weighted by molar-refractivity contribution is 8.38. The highest BCUT2D eigenvalue weighted by atomic mass is 32.9. The second-order valence-electron chi connectivity index (χ2n) is 32.6. The summed E-state index contributed by atoms with van der Waals surface area (Å²) in [6.45, 7) is 15.1. The molecule has 39 nitrogen and oxygen atoms in total. The zero-order chi connectivity index (χ0) is 97.9. The minimum absolute atomic E-state index is 0.00411. The third kappa shape index (κ3) is 38.3. The lowest BCUT2D eigenvalue weighted by Crippen LogP contribution is -2.62. The van der Waals surface area contributed by atoms with E-state index in [0.29, 0.717) is 53.9 Å². The molecule has 740 valence electrons. The van der Waals surface area contributed by atoms with E-state index in [4.69, 9.17) is 87.0 Å². The first-order valence-corrected chi connectivity index (χ1v) is 48.0. The van der Waals surface area contributed by atoms with Gasteiger partial charge in [-0.15, -0.1) is 0 Å². The number of amides is 8. The van der Waals surface area contributed by atoms with Crippen molar-refractivity contribution in [2.75, 3.05) is 99.7 Å². The molecule has 6 N–H and O–H groups in total. The molecule has 0 aromatic heterocycles. The van der Waals surface area contributed by atoms with E-state index in [1.807, 2.05) is 30.3 Å². The molecule has 0 spiro atoms. The number of hydrogen-bond acceptors (Lipinski definition) is 33. The van der Waals surface area contributed by atoms with Crippen molar-refractivity contribution in [1.82, 2.24) is 41.1 Å². The van der Waals surface area contributed by atoms with Crippen molar-refractivity contribution in [3.05, 3.63) is 95.6 Å². The summed E-state index contributed by atoms with van der Waals surface area (Å²) in [5.41, 5.74) is 0.154. The van der Waals surface area contributed by atoms with Gasteiger partial charge in [0.05, 0.1) is 45.4 Å². The summed E-state index contributed by atoms with van der Waals surface area (Å²) in [4.78, 5) is 199. The maximum atomic E-state index is 16.0. The molecule has 3 aromatic carbocycles. The standard InChI is InChI=1S/C91H132N8O31PS2/c1-55-81(94-58(4)100)88(128-72(51-120-61(7)103)84(55)124-64(10)106)117-48-21-18-29-76(109)92-42-24-44-98(79(112)31-20-23-50-119-90-83(96-60(6)102)57(3)86(126-66(12)108)74(130-90)53-122-63(9)105)46-26-47-99(45-25-43-93-77(110)30-19-22-49-118-89-82(95-59(5)101)56(2)85(125-65(11)107)73(129-89)52-121-62(8)104)87(114)75(127-80(113)41-40-78(111)97-133(131)132)54-123-91(67-27-16-15-17-28-67,68-32-36-70(115-13)37-33-68)69-34-38-71(116-14)39-35-69/h15-17,27-28,32-39,55-57,72-75,81-86,88-90,131H,18-26,29-31,40-54H2,1-14H3,(H,92,109)(H,93,110)(H,94,100)(H,95,101)(H,96,102)(H,97,111,132)/q-1/t55-,56-,57-,72?,73?,74?,75?,81?,82?,83?,84-,85-,86-,88-,89-,90-/m1/s1. The van der Waals surface area contributed by atoms with Crippen LogP contribution in [-0.2, 0) is 164 Å². The van der Waals surface area contributed by atoms with E-state index >= 15 is 4.79 Å². The number of nitrogens with one attached hydrogen (secondary N) is 6. The molecule has 16 atom stereocenters. The van der Waals surface area contributed by atoms with Crippen LogP contribution in [0.5, 0.6) is 11.5 Å². The molecule has 3 aliphatic rings. The number of methoxy groups -OCH3 is 2. The molecule has 3 saturated heterocycles. The average molecular weight is 1930 g/mol. The molecular weight excluding hydrogens is 1800 g/mol. The molecule has 42 heteroatoms. The highest BCUT2D eigenvalue weighted by Gasteiger charge is 2.51. The molecule has 0 radical (unpaired) electrons. The summed E-state index contributed by atoms with van der Waals surface area (Å²) in [5, 5.41) is 14.3. The minimum Gasteiger partial charge on any atom is -0.497 e. The first kappa shape index (κ1) is 112. The highest BCUT2D eigenvalue weighted by Crippen LogP contribution is 2.43. The van der Waals surface area contributed by atoms with E-state index < -0.39 is 196 Å². The molecule has 3 aliphatic heterocycles. The number of unbranched alkanes of at least 4 members (excludes halogenated alkanes) is 3. The Morgan fingerprint density at radius 3 is 1.16 bits per heavy atom. The van der Waals surface area contributed by atoms with E-state index in [9.17, 15) is 67.1 Å². The smallest absolute Gasteiger partial charge is 0.307 e. The molecule has 3 fully saturated rings. The maximum Gasteiger partial charge on any atom is 0.307 e. The molecule has 6 rings (SSSR count). The van der Waals surface area contributed by atoms with Crippen LogP contribution in [0.15, 0.2) is 78.9 Å². The number of nitrogens with zero attached hydrogens (tertiary/aromatic N) is 2. The molecular formula is C91H132N8O31PS2-. The number of benzene rings is 3. The van der Waals surface area contributed by atoms with Gasteiger partial charge >= 0.3 is 41.8 Å². The van der Waals surface area contributed by atoms with Crippen molar-refractivity contribution in [3.8, 4) is 11.5 Å². The van der Waals surface area contributed by atoms with Crippen LogP contribution >= 0.6 is 8.02 Å². The van der Waals surface area contributed by atoms with Crippen molar-refractivity contribution in [1.29, 1.82) is 0 Å². The summed E-state index contributed by atoms with van der Waals surface area (Å²) < 4.78 is 96.8. The van der Waals surface area contributed by atoms with Crippen LogP contribution in [0.1, 0.15) is 190 Å². The van der Waals surface area contributed by atoms with Crippen molar-refractivity contribution >= 4 is 117 Å². The molecule has 3 aromatic rings. The van der Waals surface area contributed by atoms with Crippen LogP contribution in [0, 0.1) is 17.8 Å². The fourth-order valence-electron chi connectivity index (χ4n) is 15.7. The Bertz CT molecular complexity index is 4320. The summed E-state index contributed by atoms with van der Waals surface area (Å²) in [7, 11) is 5.10. The number of rotatable bonds is 56. The van der Waals surface area contributed by atoms with E-state index in [1.165, 1.54) is 81.4 Å². The molecule has 8 amide bonds. The number of carbonyl (C=O) groups is 15. The van der Waals surface area contributed by atoms with Crippen LogP contribution < -0.4 is 40.8 Å². The van der Waals surface area contributed by atoms with E-state index in [0.717, 1.165) is 0 Å². The lowest BCUT2D eigenvalue weighted by molar-refractivity contribution is -0.262. The largest absolute Gasteiger partial charge is 0.497 e. The van der Waals surface area contributed by atoms with E-state index in [2.05, 4.69) is 39.3 Å². The fourth-order valence-corrected chi connectivity index (χ4v) is 16.6. The van der Waals surface area contributed by atoms with Gasteiger partial charge in [-0.05, 0) is 98.7 Å². The van der Waals surface area contributed by atoms with Crippen LogP contribution in [0.2, 0.25) is 0 Å². The van der Waals surface area contributed by atoms with Crippen molar-refractivity contribution in [2.24, 2.45) is 17.8 Å². The Morgan fingerprint density at radius 2 is 0.797 bits per heavy atom. The summed E-state index contributed by atoms with van der Waals surface area (Å²) in [6.07, 6.45) is -9.22. The molecule has 0 aliphatic carbocycles.